The standard InChI is InChI=1S/C17H17N7O2/c1-26-13-4-2-12(3-5-13)22-15-14(18)16(21-10-20-15)23-24-17(25)11-6-8-19-9-7-11/h2-10H,18H2,1H3,(H,24,25)(H2,20,21,22,23). The molecule has 2 aromatic heterocycles. The van der Waals surface area contributed by atoms with E-state index in [1.165, 1.54) is 18.7 Å². The molecule has 0 spiro atoms. The SMILES string of the molecule is COc1ccc(Nc2ncnc(NNC(=O)c3ccncc3)c2N)cc1. The Morgan fingerprint density at radius 3 is 2.42 bits per heavy atom. The molecular formula is C17H17N7O2. The Bertz CT molecular complexity index is 885. The number of amides is 1. The quantitative estimate of drug-likeness (QED) is 0.496. The van der Waals surface area contributed by atoms with Crippen molar-refractivity contribution in [1.29, 1.82) is 0 Å². The Labute approximate surface area is 149 Å². The molecule has 5 N–H and O–H groups in total. The van der Waals surface area contributed by atoms with E-state index in [1.54, 1.807) is 19.2 Å². The van der Waals surface area contributed by atoms with Crippen molar-refractivity contribution in [2.45, 2.75) is 0 Å². The van der Waals surface area contributed by atoms with Gasteiger partial charge in [-0.25, -0.2) is 9.97 Å². The lowest BCUT2D eigenvalue weighted by atomic mass is 10.2. The van der Waals surface area contributed by atoms with Gasteiger partial charge >= 0.3 is 0 Å². The third-order valence-electron chi connectivity index (χ3n) is 3.47. The van der Waals surface area contributed by atoms with Crippen LogP contribution in [0.15, 0.2) is 55.1 Å². The van der Waals surface area contributed by atoms with E-state index in [2.05, 4.69) is 31.1 Å². The highest BCUT2D eigenvalue weighted by Gasteiger charge is 2.10. The molecule has 2 heterocycles. The Balaban J connectivity index is 1.69. The minimum Gasteiger partial charge on any atom is -0.497 e. The van der Waals surface area contributed by atoms with Gasteiger partial charge in [-0.05, 0) is 36.4 Å². The molecule has 132 valence electrons. The Hall–Kier alpha value is -3.88. The van der Waals surface area contributed by atoms with Crippen molar-refractivity contribution in [2.75, 3.05) is 23.6 Å². The lowest BCUT2D eigenvalue weighted by molar-refractivity contribution is 0.0962. The number of pyridine rings is 1. The van der Waals surface area contributed by atoms with Gasteiger partial charge in [-0.15, -0.1) is 0 Å². The van der Waals surface area contributed by atoms with Gasteiger partial charge in [0.1, 0.15) is 17.8 Å². The number of aromatic nitrogens is 3. The molecular weight excluding hydrogens is 334 g/mol. The number of hydrogen-bond acceptors (Lipinski definition) is 8. The van der Waals surface area contributed by atoms with Crippen LogP contribution in [0.1, 0.15) is 10.4 Å². The number of nitrogens with two attached hydrogens (primary N) is 1. The predicted octanol–water partition coefficient (Wildman–Crippen LogP) is 1.96. The highest BCUT2D eigenvalue weighted by Crippen LogP contribution is 2.26. The summed E-state index contributed by atoms with van der Waals surface area (Å²) in [4.78, 5) is 24.1. The maximum atomic E-state index is 12.1. The van der Waals surface area contributed by atoms with Crippen LogP contribution in [0.3, 0.4) is 0 Å². The largest absolute Gasteiger partial charge is 0.497 e. The summed E-state index contributed by atoms with van der Waals surface area (Å²) in [5, 5.41) is 3.09. The third-order valence-corrected chi connectivity index (χ3v) is 3.47. The van der Waals surface area contributed by atoms with Gasteiger partial charge in [0.2, 0.25) is 0 Å². The maximum Gasteiger partial charge on any atom is 0.269 e. The molecule has 9 nitrogen and oxygen atoms in total. The summed E-state index contributed by atoms with van der Waals surface area (Å²) in [5.41, 5.74) is 12.8. The zero-order valence-corrected chi connectivity index (χ0v) is 13.9. The number of nitrogen functional groups attached to an aromatic ring is 1. The highest BCUT2D eigenvalue weighted by molar-refractivity contribution is 5.95. The van der Waals surface area contributed by atoms with Crippen molar-refractivity contribution in [3.63, 3.8) is 0 Å². The molecule has 9 heteroatoms. The van der Waals surface area contributed by atoms with E-state index >= 15 is 0 Å². The first-order valence-electron chi connectivity index (χ1n) is 7.65. The lowest BCUT2D eigenvalue weighted by Crippen LogP contribution is -2.30. The molecule has 0 aliphatic carbocycles. The molecule has 0 radical (unpaired) electrons. The molecule has 0 unspecified atom stereocenters. The van der Waals surface area contributed by atoms with Crippen molar-refractivity contribution in [3.8, 4) is 5.75 Å². The van der Waals surface area contributed by atoms with Crippen molar-refractivity contribution < 1.29 is 9.53 Å². The minimum absolute atomic E-state index is 0.262. The van der Waals surface area contributed by atoms with Crippen molar-refractivity contribution in [2.24, 2.45) is 0 Å². The van der Waals surface area contributed by atoms with Gasteiger partial charge in [-0.1, -0.05) is 0 Å². The number of hydrogen-bond donors (Lipinski definition) is 4. The molecule has 0 aliphatic heterocycles. The van der Waals surface area contributed by atoms with Gasteiger partial charge < -0.3 is 15.8 Å². The zero-order valence-electron chi connectivity index (χ0n) is 13.9. The molecule has 1 amide bonds. The number of ether oxygens (including phenoxy) is 1. The summed E-state index contributed by atoms with van der Waals surface area (Å²) < 4.78 is 5.12. The molecule has 0 saturated heterocycles. The number of nitrogens with one attached hydrogen (secondary N) is 3. The van der Waals surface area contributed by atoms with Crippen LogP contribution < -0.4 is 26.6 Å². The van der Waals surface area contributed by atoms with Crippen LogP contribution in [0.2, 0.25) is 0 Å². The van der Waals surface area contributed by atoms with Crippen LogP contribution in [-0.4, -0.2) is 28.0 Å². The monoisotopic (exact) mass is 351 g/mol. The second-order valence-corrected chi connectivity index (χ2v) is 5.15. The first-order chi connectivity index (χ1) is 12.7. The third kappa shape index (κ3) is 3.96. The number of nitrogens with zero attached hydrogens (tertiary/aromatic N) is 3. The second-order valence-electron chi connectivity index (χ2n) is 5.15. The minimum atomic E-state index is -0.338. The Morgan fingerprint density at radius 2 is 1.73 bits per heavy atom. The molecule has 0 fully saturated rings. The Kier molecular flexibility index (Phi) is 5.08. The van der Waals surface area contributed by atoms with Crippen molar-refractivity contribution in [3.05, 3.63) is 60.7 Å². The summed E-state index contributed by atoms with van der Waals surface area (Å²) in [5.74, 6) is 1.09. The van der Waals surface area contributed by atoms with Crippen LogP contribution in [0.4, 0.5) is 23.0 Å². The molecule has 1 aromatic carbocycles. The van der Waals surface area contributed by atoms with Gasteiger partial charge in [-0.2, -0.15) is 0 Å². The van der Waals surface area contributed by atoms with E-state index in [-0.39, 0.29) is 17.4 Å². The molecule has 3 rings (SSSR count). The summed E-state index contributed by atoms with van der Waals surface area (Å²) in [7, 11) is 1.60. The average molecular weight is 351 g/mol. The fraction of sp³-hybridized carbons (Fsp3) is 0.0588. The van der Waals surface area contributed by atoms with E-state index in [1.807, 2.05) is 24.3 Å². The lowest BCUT2D eigenvalue weighted by Gasteiger charge is -2.13. The van der Waals surface area contributed by atoms with Gasteiger partial charge in [0.25, 0.3) is 5.91 Å². The molecule has 26 heavy (non-hydrogen) atoms. The predicted molar refractivity (Wildman–Crippen MR) is 98.0 cm³/mol. The number of hydrazine groups is 1. The first-order valence-corrected chi connectivity index (χ1v) is 7.65. The fourth-order valence-electron chi connectivity index (χ4n) is 2.10. The second kappa shape index (κ2) is 7.79. The highest BCUT2D eigenvalue weighted by atomic mass is 16.5. The summed E-state index contributed by atoms with van der Waals surface area (Å²) in [6, 6.07) is 10.5. The van der Waals surface area contributed by atoms with Gasteiger partial charge in [0.15, 0.2) is 11.6 Å². The molecule has 3 aromatic rings. The molecule has 0 saturated carbocycles. The van der Waals surface area contributed by atoms with Gasteiger partial charge in [0.05, 0.1) is 7.11 Å². The summed E-state index contributed by atoms with van der Waals surface area (Å²) >= 11 is 0. The first kappa shape index (κ1) is 17.0. The number of rotatable bonds is 6. The zero-order chi connectivity index (χ0) is 18.4. The van der Waals surface area contributed by atoms with Crippen LogP contribution in [-0.2, 0) is 0 Å². The van der Waals surface area contributed by atoms with Crippen LogP contribution in [0.25, 0.3) is 0 Å². The van der Waals surface area contributed by atoms with Crippen LogP contribution in [0.5, 0.6) is 5.75 Å². The molecule has 0 aliphatic rings. The van der Waals surface area contributed by atoms with E-state index in [0.29, 0.717) is 11.4 Å². The number of carbonyl (C=O) groups is 1. The van der Waals surface area contributed by atoms with Gasteiger partial charge in [-0.3, -0.25) is 20.6 Å². The average Bonchev–Trinajstić information content (AvgIpc) is 2.69. The van der Waals surface area contributed by atoms with E-state index in [4.69, 9.17) is 10.5 Å². The molecule has 0 bridgehead atoms. The summed E-state index contributed by atoms with van der Waals surface area (Å²) in [6.07, 6.45) is 4.40. The number of anilines is 4. The van der Waals surface area contributed by atoms with Crippen LogP contribution >= 0.6 is 0 Å². The normalized spacial score (nSPS) is 10.0. The van der Waals surface area contributed by atoms with Crippen LogP contribution in [0, 0.1) is 0 Å². The maximum absolute atomic E-state index is 12.1. The number of methoxy groups -OCH3 is 1. The van der Waals surface area contributed by atoms with E-state index < -0.39 is 0 Å². The van der Waals surface area contributed by atoms with Gasteiger partial charge in [0, 0.05) is 23.6 Å². The summed E-state index contributed by atoms with van der Waals surface area (Å²) in [6.45, 7) is 0. The van der Waals surface area contributed by atoms with Crippen molar-refractivity contribution in [1.82, 2.24) is 20.4 Å². The smallest absolute Gasteiger partial charge is 0.269 e. The van der Waals surface area contributed by atoms with E-state index in [0.717, 1.165) is 11.4 Å². The molecule has 0 atom stereocenters. The Morgan fingerprint density at radius 1 is 1.04 bits per heavy atom. The number of carbonyl (C=O) groups excluding carboxylic acids is 1. The van der Waals surface area contributed by atoms with Crippen molar-refractivity contribution >= 4 is 28.9 Å². The number of benzene rings is 1. The fourth-order valence-corrected chi connectivity index (χ4v) is 2.10. The van der Waals surface area contributed by atoms with E-state index in [9.17, 15) is 4.79 Å². The topological polar surface area (TPSA) is 127 Å².